The number of H-pyrrole nitrogens is 1. The molecule has 2 N–H and O–H groups in total. The molecule has 4 rings (SSSR count). The fourth-order valence-electron chi connectivity index (χ4n) is 2.91. The van der Waals surface area contributed by atoms with E-state index in [0.717, 1.165) is 21.9 Å². The molecule has 6 heteroatoms. The number of fused-ring (bicyclic) bond motifs is 1. The molecule has 1 aromatic heterocycles. The Balaban J connectivity index is 1.83. The molecule has 0 bridgehead atoms. The van der Waals surface area contributed by atoms with E-state index in [4.69, 9.17) is 12.2 Å². The van der Waals surface area contributed by atoms with E-state index in [-0.39, 0.29) is 5.75 Å². The Morgan fingerprint density at radius 3 is 2.81 bits per heavy atom. The lowest BCUT2D eigenvalue weighted by atomic mass is 10.0. The van der Waals surface area contributed by atoms with Crippen molar-refractivity contribution >= 4 is 29.2 Å². The van der Waals surface area contributed by atoms with Gasteiger partial charge in [-0.15, -0.1) is 0 Å². The molecule has 0 spiro atoms. The van der Waals surface area contributed by atoms with E-state index in [1.54, 1.807) is 17.0 Å². The molecule has 5 nitrogen and oxygen atoms in total. The third kappa shape index (κ3) is 2.91. The Hall–Kier alpha value is -3.25. The molecule has 0 unspecified atom stereocenters. The van der Waals surface area contributed by atoms with Crippen LogP contribution >= 0.6 is 12.2 Å². The molecule has 0 saturated heterocycles. The maximum atomic E-state index is 10.3. The molecule has 0 saturated carbocycles. The van der Waals surface area contributed by atoms with E-state index in [9.17, 15) is 5.11 Å². The summed E-state index contributed by atoms with van der Waals surface area (Å²) in [6.45, 7) is 2.02. The normalized spacial score (nSPS) is 11.4. The molecule has 0 fully saturated rings. The van der Waals surface area contributed by atoms with Crippen molar-refractivity contribution < 1.29 is 5.11 Å². The maximum Gasteiger partial charge on any atom is 0.216 e. The average Bonchev–Trinajstić information content (AvgIpc) is 3.01. The van der Waals surface area contributed by atoms with E-state index >= 15 is 0 Å². The number of aryl methyl sites for hydroxylation is 1. The maximum absolute atomic E-state index is 10.3. The lowest BCUT2D eigenvalue weighted by Gasteiger charge is -2.05. The van der Waals surface area contributed by atoms with Crippen LogP contribution in [0.1, 0.15) is 11.1 Å². The van der Waals surface area contributed by atoms with Crippen LogP contribution in [0, 0.1) is 11.7 Å². The smallest absolute Gasteiger partial charge is 0.216 e. The zero-order chi connectivity index (χ0) is 18.1. The summed E-state index contributed by atoms with van der Waals surface area (Å²) in [5, 5.41) is 23.8. The van der Waals surface area contributed by atoms with Gasteiger partial charge in [-0.2, -0.15) is 14.9 Å². The fourth-order valence-corrected chi connectivity index (χ4v) is 3.08. The highest BCUT2D eigenvalue weighted by Gasteiger charge is 2.09. The highest BCUT2D eigenvalue weighted by atomic mass is 32.1. The molecule has 0 aliphatic heterocycles. The monoisotopic (exact) mass is 360 g/mol. The van der Waals surface area contributed by atoms with Crippen LogP contribution in [0.3, 0.4) is 0 Å². The van der Waals surface area contributed by atoms with Crippen molar-refractivity contribution in [2.45, 2.75) is 6.92 Å². The number of phenolic OH excluding ortho intramolecular Hbond substituents is 1. The van der Waals surface area contributed by atoms with E-state index in [1.807, 2.05) is 61.5 Å². The zero-order valence-corrected chi connectivity index (χ0v) is 14.9. The summed E-state index contributed by atoms with van der Waals surface area (Å²) in [5.41, 5.74) is 2.68. The van der Waals surface area contributed by atoms with Gasteiger partial charge in [-0.3, -0.25) is 0 Å². The highest BCUT2D eigenvalue weighted by Crippen LogP contribution is 2.26. The number of aromatic nitrogens is 3. The zero-order valence-electron chi connectivity index (χ0n) is 14.0. The lowest BCUT2D eigenvalue weighted by Crippen LogP contribution is -1.96. The number of benzene rings is 3. The third-order valence-corrected chi connectivity index (χ3v) is 4.44. The van der Waals surface area contributed by atoms with Crippen LogP contribution in [0.25, 0.3) is 22.2 Å². The van der Waals surface area contributed by atoms with Crippen molar-refractivity contribution in [3.8, 4) is 17.1 Å². The molecule has 26 heavy (non-hydrogen) atoms. The van der Waals surface area contributed by atoms with Crippen LogP contribution in [0.4, 0.5) is 0 Å². The Morgan fingerprint density at radius 2 is 1.96 bits per heavy atom. The molecule has 0 atom stereocenters. The summed E-state index contributed by atoms with van der Waals surface area (Å²) in [6, 6.07) is 19.3. The van der Waals surface area contributed by atoms with Gasteiger partial charge in [0.15, 0.2) is 5.82 Å². The van der Waals surface area contributed by atoms with Gasteiger partial charge in [0, 0.05) is 11.1 Å². The van der Waals surface area contributed by atoms with Crippen molar-refractivity contribution in [1.29, 1.82) is 0 Å². The van der Waals surface area contributed by atoms with Crippen LogP contribution in [0.2, 0.25) is 0 Å². The van der Waals surface area contributed by atoms with Crippen LogP contribution in [0.15, 0.2) is 65.8 Å². The van der Waals surface area contributed by atoms with E-state index in [1.165, 1.54) is 0 Å². The standard InChI is InChI=1S/C20H16N4OS/c1-13-5-4-7-15(11-13)19-22-23-20(26)24(19)21-12-17-16-8-3-2-6-14(16)9-10-18(17)25/h2-12,25H,1H3,(H,23,26)/b21-12+. The highest BCUT2D eigenvalue weighted by molar-refractivity contribution is 7.71. The van der Waals surface area contributed by atoms with Gasteiger partial charge in [0.1, 0.15) is 5.75 Å². The topological polar surface area (TPSA) is 66.2 Å². The van der Waals surface area contributed by atoms with Crippen molar-refractivity contribution in [1.82, 2.24) is 14.9 Å². The number of aromatic amines is 1. The first-order chi connectivity index (χ1) is 12.6. The number of nitrogens with one attached hydrogen (secondary N) is 1. The lowest BCUT2D eigenvalue weighted by molar-refractivity contribution is 0.475. The predicted octanol–water partition coefficient (Wildman–Crippen LogP) is 4.66. The Morgan fingerprint density at radius 1 is 1.12 bits per heavy atom. The second-order valence-corrected chi connectivity index (χ2v) is 6.38. The minimum atomic E-state index is 0.166. The van der Waals surface area contributed by atoms with E-state index in [2.05, 4.69) is 15.3 Å². The van der Waals surface area contributed by atoms with Crippen molar-refractivity contribution in [2.75, 3.05) is 0 Å². The summed E-state index contributed by atoms with van der Waals surface area (Å²) in [6.07, 6.45) is 1.61. The first kappa shape index (κ1) is 16.2. The van der Waals surface area contributed by atoms with Gasteiger partial charge >= 0.3 is 0 Å². The number of hydrogen-bond donors (Lipinski definition) is 2. The summed E-state index contributed by atoms with van der Waals surface area (Å²) < 4.78 is 1.95. The second kappa shape index (κ2) is 6.57. The van der Waals surface area contributed by atoms with Crippen molar-refractivity contribution in [3.63, 3.8) is 0 Å². The molecular weight excluding hydrogens is 344 g/mol. The minimum Gasteiger partial charge on any atom is -0.507 e. The van der Waals surface area contributed by atoms with Crippen molar-refractivity contribution in [3.05, 3.63) is 76.6 Å². The second-order valence-electron chi connectivity index (χ2n) is 6.00. The quantitative estimate of drug-likeness (QED) is 0.413. The van der Waals surface area contributed by atoms with Gasteiger partial charge < -0.3 is 5.11 Å². The van der Waals surface area contributed by atoms with Gasteiger partial charge in [0.05, 0.1) is 6.21 Å². The number of nitrogens with zero attached hydrogens (tertiary/aromatic N) is 3. The Labute approximate surface area is 155 Å². The third-order valence-electron chi connectivity index (χ3n) is 4.18. The van der Waals surface area contributed by atoms with Gasteiger partial charge in [-0.05, 0) is 42.0 Å². The average molecular weight is 360 g/mol. The molecule has 0 aliphatic carbocycles. The molecule has 3 aromatic carbocycles. The Kier molecular flexibility index (Phi) is 4.10. The van der Waals surface area contributed by atoms with Crippen LogP contribution in [-0.4, -0.2) is 26.2 Å². The Bertz CT molecular complexity index is 1190. The summed E-state index contributed by atoms with van der Waals surface area (Å²) in [5.74, 6) is 0.786. The fraction of sp³-hybridized carbons (Fsp3) is 0.0500. The molecule has 0 radical (unpaired) electrons. The SMILES string of the molecule is Cc1cccc(-c2n[nH]c(=S)n2/N=C/c2c(O)ccc3ccccc23)c1. The first-order valence-electron chi connectivity index (χ1n) is 8.13. The molecular formula is C20H16N4OS. The molecule has 1 heterocycles. The van der Waals surface area contributed by atoms with E-state index < -0.39 is 0 Å². The number of aromatic hydroxyl groups is 1. The largest absolute Gasteiger partial charge is 0.507 e. The van der Waals surface area contributed by atoms with Gasteiger partial charge in [0.25, 0.3) is 0 Å². The molecule has 4 aromatic rings. The van der Waals surface area contributed by atoms with Gasteiger partial charge in [-0.1, -0.05) is 54.1 Å². The van der Waals surface area contributed by atoms with Crippen LogP contribution in [-0.2, 0) is 0 Å². The van der Waals surface area contributed by atoms with Crippen molar-refractivity contribution in [2.24, 2.45) is 5.10 Å². The molecule has 0 aliphatic rings. The molecule has 0 amide bonds. The first-order valence-corrected chi connectivity index (χ1v) is 8.54. The van der Waals surface area contributed by atoms with Crippen LogP contribution in [0.5, 0.6) is 5.75 Å². The minimum absolute atomic E-state index is 0.166. The summed E-state index contributed by atoms with van der Waals surface area (Å²) in [4.78, 5) is 0. The number of phenols is 1. The number of rotatable bonds is 3. The van der Waals surface area contributed by atoms with E-state index in [0.29, 0.717) is 16.2 Å². The van der Waals surface area contributed by atoms with Gasteiger partial charge in [-0.25, -0.2) is 5.10 Å². The summed E-state index contributed by atoms with van der Waals surface area (Å²) >= 11 is 5.32. The number of hydrogen-bond acceptors (Lipinski definition) is 4. The molecule has 128 valence electrons. The van der Waals surface area contributed by atoms with Crippen LogP contribution < -0.4 is 0 Å². The summed E-state index contributed by atoms with van der Waals surface area (Å²) in [7, 11) is 0. The predicted molar refractivity (Wildman–Crippen MR) is 106 cm³/mol. The van der Waals surface area contributed by atoms with Gasteiger partial charge in [0.2, 0.25) is 4.77 Å².